The Hall–Kier alpha value is -5.32. The number of aromatic nitrogens is 1. The topological polar surface area (TPSA) is 117 Å². The van der Waals surface area contributed by atoms with Crippen LogP contribution in [0.5, 0.6) is 17.4 Å². The number of hydrogen-bond acceptors (Lipinski definition) is 6. The molecule has 0 fully saturated rings. The Kier molecular flexibility index (Phi) is 6.87. The van der Waals surface area contributed by atoms with Crippen molar-refractivity contribution in [2.75, 3.05) is 0 Å². The maximum absolute atomic E-state index is 13.0. The zero-order chi connectivity index (χ0) is 29.5. The lowest BCUT2D eigenvalue weighted by Crippen LogP contribution is -2.17. The molecule has 0 saturated carbocycles. The van der Waals surface area contributed by atoms with Gasteiger partial charge in [0, 0.05) is 28.3 Å². The number of rotatable bonds is 6. The van der Waals surface area contributed by atoms with Gasteiger partial charge in [0.15, 0.2) is 5.69 Å². The predicted molar refractivity (Wildman–Crippen MR) is 146 cm³/mol. The Morgan fingerprint density at radius 1 is 0.829 bits per heavy atom. The van der Waals surface area contributed by atoms with Gasteiger partial charge in [-0.15, -0.1) is 23.4 Å². The highest BCUT2D eigenvalue weighted by Crippen LogP contribution is 2.45. The first-order valence-electron chi connectivity index (χ1n) is 12.2. The van der Waals surface area contributed by atoms with Crippen molar-refractivity contribution in [1.82, 2.24) is 4.57 Å². The van der Waals surface area contributed by atoms with Gasteiger partial charge >= 0.3 is 12.3 Å². The van der Waals surface area contributed by atoms with E-state index in [-0.39, 0.29) is 39.2 Å². The van der Waals surface area contributed by atoms with E-state index in [1.807, 2.05) is 13.8 Å². The minimum Gasteiger partial charge on any atom is -0.507 e. The second-order valence-electron chi connectivity index (χ2n) is 9.23. The number of phenolic OH excluding ortho intramolecular Hbond substituents is 1. The Labute approximate surface area is 231 Å². The smallest absolute Gasteiger partial charge is 0.507 e. The number of aryl methyl sites for hydroxylation is 2. The molecule has 41 heavy (non-hydrogen) atoms. The molecule has 4 aromatic carbocycles. The Bertz CT molecular complexity index is 1840. The number of benzene rings is 4. The number of phenols is 1. The molecule has 0 aliphatic heterocycles. The van der Waals surface area contributed by atoms with Gasteiger partial charge in [0.05, 0.1) is 11.1 Å². The quantitative estimate of drug-likeness (QED) is 0.180. The van der Waals surface area contributed by atoms with Crippen LogP contribution in [0.25, 0.3) is 27.7 Å². The number of azo groups is 1. The molecule has 1 heterocycles. The first-order valence-corrected chi connectivity index (χ1v) is 12.2. The zero-order valence-corrected chi connectivity index (χ0v) is 21.6. The first-order chi connectivity index (χ1) is 19.4. The summed E-state index contributed by atoms with van der Waals surface area (Å²) in [5.74, 6) is -2.35. The molecule has 0 spiro atoms. The van der Waals surface area contributed by atoms with Gasteiger partial charge in [0.2, 0.25) is 5.88 Å². The first kappa shape index (κ1) is 27.3. The standard InChI is InChI=1S/C30H22F3N3O5/c1-16-10-11-18(14-17(16)2)36-24-15-19(41-30(31,32)33)12-13-22(24)27(28(36)38)35-34-26-21(7-5-8-23(26)29(39)40)20-6-3-4-9-25(20)37/h3-15,37-38H,1-2H3,(H,39,40). The highest BCUT2D eigenvalue weighted by atomic mass is 19.4. The van der Waals surface area contributed by atoms with E-state index >= 15 is 0 Å². The summed E-state index contributed by atoms with van der Waals surface area (Å²) in [6.07, 6.45) is -4.93. The summed E-state index contributed by atoms with van der Waals surface area (Å²) < 4.78 is 44.4. The number of fused-ring (bicyclic) bond motifs is 1. The van der Waals surface area contributed by atoms with Crippen LogP contribution in [-0.4, -0.2) is 32.2 Å². The lowest BCUT2D eigenvalue weighted by molar-refractivity contribution is -0.274. The van der Waals surface area contributed by atoms with E-state index in [1.54, 1.807) is 42.5 Å². The van der Waals surface area contributed by atoms with E-state index in [4.69, 9.17) is 0 Å². The number of aromatic carboxylic acids is 1. The number of alkyl halides is 3. The highest BCUT2D eigenvalue weighted by molar-refractivity contribution is 5.99. The van der Waals surface area contributed by atoms with Crippen LogP contribution in [0.3, 0.4) is 0 Å². The molecule has 0 saturated heterocycles. The monoisotopic (exact) mass is 561 g/mol. The molecule has 8 nitrogen and oxygen atoms in total. The van der Waals surface area contributed by atoms with Crippen molar-refractivity contribution < 1.29 is 38.0 Å². The van der Waals surface area contributed by atoms with Crippen LogP contribution in [0.2, 0.25) is 0 Å². The van der Waals surface area contributed by atoms with Crippen LogP contribution in [-0.2, 0) is 0 Å². The van der Waals surface area contributed by atoms with Gasteiger partial charge in [0.25, 0.3) is 0 Å². The van der Waals surface area contributed by atoms with Gasteiger partial charge in [-0.1, -0.05) is 36.4 Å². The molecule has 5 aromatic rings. The van der Waals surface area contributed by atoms with Crippen molar-refractivity contribution >= 4 is 28.2 Å². The minimum absolute atomic E-state index is 0.0926. The van der Waals surface area contributed by atoms with Crippen molar-refractivity contribution in [3.05, 3.63) is 95.6 Å². The number of nitrogens with zero attached hydrogens (tertiary/aromatic N) is 3. The van der Waals surface area contributed by atoms with E-state index in [2.05, 4.69) is 15.0 Å². The molecule has 0 aliphatic carbocycles. The average molecular weight is 562 g/mol. The lowest BCUT2D eigenvalue weighted by atomic mass is 9.99. The molecule has 0 amide bonds. The van der Waals surface area contributed by atoms with Crippen LogP contribution >= 0.6 is 0 Å². The number of halogens is 3. The van der Waals surface area contributed by atoms with Crippen molar-refractivity contribution in [3.63, 3.8) is 0 Å². The van der Waals surface area contributed by atoms with Crippen LogP contribution in [0.15, 0.2) is 89.1 Å². The zero-order valence-electron chi connectivity index (χ0n) is 21.6. The third kappa shape index (κ3) is 5.29. The number of carbonyl (C=O) groups is 1. The fourth-order valence-electron chi connectivity index (χ4n) is 4.50. The van der Waals surface area contributed by atoms with Crippen molar-refractivity contribution in [2.45, 2.75) is 20.2 Å². The van der Waals surface area contributed by atoms with Crippen LogP contribution < -0.4 is 4.74 Å². The third-order valence-corrected chi connectivity index (χ3v) is 6.58. The molecule has 0 aliphatic rings. The summed E-state index contributed by atoms with van der Waals surface area (Å²) in [4.78, 5) is 12.1. The van der Waals surface area contributed by atoms with Crippen LogP contribution in [0.4, 0.5) is 24.5 Å². The second-order valence-corrected chi connectivity index (χ2v) is 9.23. The van der Waals surface area contributed by atoms with Gasteiger partial charge < -0.3 is 20.1 Å². The molecule has 208 valence electrons. The van der Waals surface area contributed by atoms with Gasteiger partial charge in [-0.25, -0.2) is 4.79 Å². The van der Waals surface area contributed by atoms with Crippen LogP contribution in [0, 0.1) is 13.8 Å². The highest BCUT2D eigenvalue weighted by Gasteiger charge is 2.31. The summed E-state index contributed by atoms with van der Waals surface area (Å²) in [6, 6.07) is 19.4. The number of carboxylic acid groups (broad SMARTS) is 1. The molecular weight excluding hydrogens is 539 g/mol. The van der Waals surface area contributed by atoms with Gasteiger partial charge in [0.1, 0.15) is 17.2 Å². The van der Waals surface area contributed by atoms with Gasteiger partial charge in [-0.2, -0.15) is 0 Å². The van der Waals surface area contributed by atoms with E-state index < -0.39 is 24.0 Å². The number of para-hydroxylation sites is 1. The summed E-state index contributed by atoms with van der Waals surface area (Å²) >= 11 is 0. The van der Waals surface area contributed by atoms with E-state index in [1.165, 1.54) is 28.8 Å². The average Bonchev–Trinajstić information content (AvgIpc) is 3.18. The normalized spacial score (nSPS) is 11.8. The lowest BCUT2D eigenvalue weighted by Gasteiger charge is -2.11. The number of carboxylic acids is 1. The van der Waals surface area contributed by atoms with Crippen molar-refractivity contribution in [1.29, 1.82) is 0 Å². The Morgan fingerprint density at radius 2 is 1.54 bits per heavy atom. The summed E-state index contributed by atoms with van der Waals surface area (Å²) in [6.45, 7) is 3.74. The fourth-order valence-corrected chi connectivity index (χ4v) is 4.50. The molecule has 3 N–H and O–H groups in total. The number of hydrogen-bond donors (Lipinski definition) is 3. The Balaban J connectivity index is 1.74. The third-order valence-electron chi connectivity index (χ3n) is 6.58. The summed E-state index contributed by atoms with van der Waals surface area (Å²) in [7, 11) is 0. The van der Waals surface area contributed by atoms with Crippen molar-refractivity contribution in [2.24, 2.45) is 10.2 Å². The number of aromatic hydroxyl groups is 2. The summed E-state index contributed by atoms with van der Waals surface area (Å²) in [5.41, 5.74) is 2.59. The predicted octanol–water partition coefficient (Wildman–Crippen LogP) is 8.34. The second kappa shape index (κ2) is 10.3. The maximum atomic E-state index is 13.0. The Morgan fingerprint density at radius 3 is 2.22 bits per heavy atom. The number of ether oxygens (including phenoxy) is 1. The van der Waals surface area contributed by atoms with Crippen LogP contribution in [0.1, 0.15) is 21.5 Å². The SMILES string of the molecule is Cc1ccc(-n2c(O)c(N=Nc3c(C(=O)O)cccc3-c3ccccc3O)c3ccc(OC(F)(F)F)cc32)cc1C. The maximum Gasteiger partial charge on any atom is 0.573 e. The molecule has 0 bridgehead atoms. The molecule has 5 rings (SSSR count). The summed E-state index contributed by atoms with van der Waals surface area (Å²) in [5, 5.41) is 40.2. The molecular formula is C30H22F3N3O5. The van der Waals surface area contributed by atoms with Crippen molar-refractivity contribution in [3.8, 4) is 34.2 Å². The van der Waals surface area contributed by atoms with Gasteiger partial charge in [-0.05, 0) is 61.4 Å². The molecule has 1 aromatic heterocycles. The van der Waals surface area contributed by atoms with E-state index in [0.717, 1.165) is 23.3 Å². The molecule has 11 heteroatoms. The van der Waals surface area contributed by atoms with E-state index in [0.29, 0.717) is 11.3 Å². The molecule has 0 radical (unpaired) electrons. The largest absolute Gasteiger partial charge is 0.573 e. The minimum atomic E-state index is -4.93. The fraction of sp³-hybridized carbons (Fsp3) is 0.100. The van der Waals surface area contributed by atoms with E-state index in [9.17, 15) is 33.3 Å². The van der Waals surface area contributed by atoms with Gasteiger partial charge in [-0.3, -0.25) is 4.57 Å². The molecule has 0 atom stereocenters. The molecule has 0 unspecified atom stereocenters.